The van der Waals surface area contributed by atoms with Gasteiger partial charge in [-0.15, -0.1) is 0 Å². The van der Waals surface area contributed by atoms with Gasteiger partial charge in [-0.05, 0) is 12.5 Å². The lowest BCUT2D eigenvalue weighted by Crippen LogP contribution is -1.95. The smallest absolute Gasteiger partial charge is 0.182 e. The molecule has 3 rings (SSSR count). The number of fused-ring (bicyclic) bond motifs is 1. The highest BCUT2D eigenvalue weighted by Gasteiger charge is 2.03. The van der Waals surface area contributed by atoms with Gasteiger partial charge in [0.05, 0.1) is 12.5 Å². The number of nitrogens with zero attached hydrogens (tertiary/aromatic N) is 4. The van der Waals surface area contributed by atoms with Crippen molar-refractivity contribution >= 4 is 23.2 Å². The molecule has 3 aromatic rings. The molecule has 0 spiro atoms. The van der Waals surface area contributed by atoms with Gasteiger partial charge in [0.1, 0.15) is 11.8 Å². The first kappa shape index (κ1) is 11.3. The van der Waals surface area contributed by atoms with Crippen molar-refractivity contribution < 1.29 is 0 Å². The van der Waals surface area contributed by atoms with E-state index in [9.17, 15) is 0 Å². The molecule has 0 amide bonds. The number of benzene rings is 1. The zero-order chi connectivity index (χ0) is 13.1. The molecular formula is C13H12N6. The van der Waals surface area contributed by atoms with Crippen LogP contribution in [-0.4, -0.2) is 26.2 Å². The molecule has 2 heterocycles. The summed E-state index contributed by atoms with van der Waals surface area (Å²) in [5.41, 5.74) is 6.48. The second kappa shape index (κ2) is 4.85. The molecular weight excluding hydrogens is 240 g/mol. The van der Waals surface area contributed by atoms with Crippen molar-refractivity contribution in [3.8, 4) is 0 Å². The Kier molecular flexibility index (Phi) is 2.89. The van der Waals surface area contributed by atoms with Crippen LogP contribution in [-0.2, 0) is 0 Å². The minimum Gasteiger partial charge on any atom is -0.340 e. The molecule has 0 aliphatic carbocycles. The monoisotopic (exact) mass is 252 g/mol. The Morgan fingerprint density at radius 2 is 2.00 bits per heavy atom. The molecule has 1 aromatic carbocycles. The fourth-order valence-corrected chi connectivity index (χ4v) is 1.67. The van der Waals surface area contributed by atoms with Crippen LogP contribution in [0.1, 0.15) is 11.1 Å². The quantitative estimate of drug-likeness (QED) is 0.552. The van der Waals surface area contributed by atoms with Crippen LogP contribution in [0.3, 0.4) is 0 Å². The number of H-pyrrole nitrogens is 1. The molecule has 6 heteroatoms. The molecule has 2 aromatic heterocycles. The number of imidazole rings is 1. The van der Waals surface area contributed by atoms with Gasteiger partial charge >= 0.3 is 0 Å². The summed E-state index contributed by atoms with van der Waals surface area (Å²) in [4.78, 5) is 15.2. The van der Waals surface area contributed by atoms with E-state index < -0.39 is 0 Å². The minimum absolute atomic E-state index is 0.603. The predicted octanol–water partition coefficient (Wildman–Crippen LogP) is 2.11. The molecule has 0 aliphatic heterocycles. The molecule has 0 bridgehead atoms. The van der Waals surface area contributed by atoms with Gasteiger partial charge in [0.25, 0.3) is 0 Å². The average Bonchev–Trinajstić information content (AvgIpc) is 2.90. The van der Waals surface area contributed by atoms with E-state index in [2.05, 4.69) is 37.4 Å². The summed E-state index contributed by atoms with van der Waals surface area (Å²) in [6.45, 7) is 2.05. The number of hydrogen-bond donors (Lipinski definition) is 2. The molecule has 94 valence electrons. The Bertz CT molecular complexity index is 713. The van der Waals surface area contributed by atoms with E-state index in [1.54, 1.807) is 12.5 Å². The lowest BCUT2D eigenvalue weighted by Gasteiger charge is -1.99. The number of aromatic amines is 1. The van der Waals surface area contributed by atoms with Crippen molar-refractivity contribution in [3.63, 3.8) is 0 Å². The highest BCUT2D eigenvalue weighted by molar-refractivity contribution is 5.84. The van der Waals surface area contributed by atoms with Crippen LogP contribution >= 0.6 is 0 Å². The van der Waals surface area contributed by atoms with Gasteiger partial charge in [0.2, 0.25) is 0 Å². The highest BCUT2D eigenvalue weighted by atomic mass is 15.3. The Morgan fingerprint density at radius 3 is 2.84 bits per heavy atom. The summed E-state index contributed by atoms with van der Waals surface area (Å²) < 4.78 is 0. The minimum atomic E-state index is 0.603. The number of hydrazone groups is 1. The Morgan fingerprint density at radius 1 is 1.16 bits per heavy atom. The van der Waals surface area contributed by atoms with E-state index in [-0.39, 0.29) is 0 Å². The summed E-state index contributed by atoms with van der Waals surface area (Å²) in [6, 6.07) is 8.09. The van der Waals surface area contributed by atoms with Crippen molar-refractivity contribution in [3.05, 3.63) is 48.0 Å². The third-order valence-corrected chi connectivity index (χ3v) is 2.68. The average molecular weight is 252 g/mol. The van der Waals surface area contributed by atoms with Gasteiger partial charge in [0, 0.05) is 0 Å². The third kappa shape index (κ3) is 2.42. The number of rotatable bonds is 3. The van der Waals surface area contributed by atoms with Crippen LogP contribution in [0.4, 0.5) is 5.82 Å². The maximum Gasteiger partial charge on any atom is 0.182 e. The van der Waals surface area contributed by atoms with E-state index >= 15 is 0 Å². The normalized spacial score (nSPS) is 11.2. The van der Waals surface area contributed by atoms with Crippen molar-refractivity contribution in [1.29, 1.82) is 0 Å². The van der Waals surface area contributed by atoms with Gasteiger partial charge in [0.15, 0.2) is 11.5 Å². The summed E-state index contributed by atoms with van der Waals surface area (Å²) in [6.07, 6.45) is 4.77. The summed E-state index contributed by atoms with van der Waals surface area (Å²) in [5.74, 6) is 0.603. The number of anilines is 1. The highest BCUT2D eigenvalue weighted by Crippen LogP contribution is 2.13. The van der Waals surface area contributed by atoms with Crippen LogP contribution in [0.25, 0.3) is 11.2 Å². The first-order valence-corrected chi connectivity index (χ1v) is 5.83. The topological polar surface area (TPSA) is 78.8 Å². The van der Waals surface area contributed by atoms with E-state index in [1.807, 2.05) is 24.3 Å². The molecule has 19 heavy (non-hydrogen) atoms. The van der Waals surface area contributed by atoms with Crippen molar-refractivity contribution in [1.82, 2.24) is 19.9 Å². The molecule has 0 atom stereocenters. The molecule has 0 saturated heterocycles. The zero-order valence-corrected chi connectivity index (χ0v) is 10.3. The molecule has 0 aliphatic rings. The van der Waals surface area contributed by atoms with Gasteiger partial charge in [-0.3, -0.25) is 5.43 Å². The number of nitrogens with one attached hydrogen (secondary N) is 2. The Hall–Kier alpha value is -2.76. The largest absolute Gasteiger partial charge is 0.340 e. The van der Waals surface area contributed by atoms with Crippen molar-refractivity contribution in [2.75, 3.05) is 5.43 Å². The van der Waals surface area contributed by atoms with Crippen LogP contribution in [0.2, 0.25) is 0 Å². The van der Waals surface area contributed by atoms with E-state index in [0.29, 0.717) is 11.5 Å². The van der Waals surface area contributed by atoms with Gasteiger partial charge in [-0.25, -0.2) is 15.0 Å². The zero-order valence-electron chi connectivity index (χ0n) is 10.3. The van der Waals surface area contributed by atoms with Crippen molar-refractivity contribution in [2.24, 2.45) is 5.10 Å². The lowest BCUT2D eigenvalue weighted by molar-refractivity contribution is 1.17. The van der Waals surface area contributed by atoms with E-state index in [0.717, 1.165) is 11.1 Å². The fraction of sp³-hybridized carbons (Fsp3) is 0.0769. The second-order valence-corrected chi connectivity index (χ2v) is 4.10. The molecule has 2 N–H and O–H groups in total. The Labute approximate surface area is 109 Å². The summed E-state index contributed by atoms with van der Waals surface area (Å²) in [5, 5.41) is 4.16. The first-order chi connectivity index (χ1) is 9.33. The standard InChI is InChI=1S/C13H12N6/c1-9-2-4-10(5-3-9)6-18-19-13-11-12(15-7-14-11)16-8-17-13/h2-8H,1H3,(H2,14,15,16,17,19)/b18-6-. The number of hydrogen-bond acceptors (Lipinski definition) is 5. The van der Waals surface area contributed by atoms with Gasteiger partial charge in [-0.1, -0.05) is 29.8 Å². The van der Waals surface area contributed by atoms with Crippen molar-refractivity contribution in [2.45, 2.75) is 6.92 Å². The molecule has 6 nitrogen and oxygen atoms in total. The summed E-state index contributed by atoms with van der Waals surface area (Å²) in [7, 11) is 0. The van der Waals surface area contributed by atoms with Crippen LogP contribution in [0.15, 0.2) is 42.0 Å². The van der Waals surface area contributed by atoms with Gasteiger partial charge < -0.3 is 4.98 Å². The Balaban J connectivity index is 1.78. The van der Waals surface area contributed by atoms with Crippen LogP contribution in [0.5, 0.6) is 0 Å². The molecule has 0 radical (unpaired) electrons. The summed E-state index contributed by atoms with van der Waals surface area (Å²) >= 11 is 0. The van der Waals surface area contributed by atoms with Crippen LogP contribution < -0.4 is 5.43 Å². The lowest BCUT2D eigenvalue weighted by atomic mass is 10.2. The third-order valence-electron chi connectivity index (χ3n) is 2.68. The molecule has 0 saturated carbocycles. The number of aromatic nitrogens is 4. The van der Waals surface area contributed by atoms with E-state index in [1.165, 1.54) is 11.9 Å². The maximum absolute atomic E-state index is 4.16. The van der Waals surface area contributed by atoms with Gasteiger partial charge in [-0.2, -0.15) is 5.10 Å². The molecule has 0 unspecified atom stereocenters. The second-order valence-electron chi connectivity index (χ2n) is 4.10. The fourth-order valence-electron chi connectivity index (χ4n) is 1.67. The van der Waals surface area contributed by atoms with Crippen LogP contribution in [0, 0.1) is 6.92 Å². The SMILES string of the molecule is Cc1ccc(/C=N\Nc2ncnc3nc[nH]c23)cc1. The first-order valence-electron chi connectivity index (χ1n) is 5.83. The number of aryl methyl sites for hydroxylation is 1. The van der Waals surface area contributed by atoms with E-state index in [4.69, 9.17) is 0 Å². The maximum atomic E-state index is 4.16. The molecule has 0 fully saturated rings. The predicted molar refractivity (Wildman–Crippen MR) is 74.1 cm³/mol.